The predicted octanol–water partition coefficient (Wildman–Crippen LogP) is 3.52. The summed E-state index contributed by atoms with van der Waals surface area (Å²) in [6.45, 7) is 4.84. The zero-order valence-electron chi connectivity index (χ0n) is 12.6. The van der Waals surface area contributed by atoms with Gasteiger partial charge >= 0.3 is 0 Å². The van der Waals surface area contributed by atoms with Gasteiger partial charge in [-0.05, 0) is 36.4 Å². The molecule has 0 aliphatic carbocycles. The van der Waals surface area contributed by atoms with Gasteiger partial charge in [0.1, 0.15) is 0 Å². The van der Waals surface area contributed by atoms with Gasteiger partial charge in [0.25, 0.3) is 0 Å². The molecule has 0 saturated carbocycles. The quantitative estimate of drug-likeness (QED) is 0.848. The molecule has 21 heavy (non-hydrogen) atoms. The number of halogens is 1. The van der Waals surface area contributed by atoms with Crippen molar-refractivity contribution in [3.63, 3.8) is 0 Å². The van der Waals surface area contributed by atoms with E-state index in [-0.39, 0.29) is 0 Å². The molecule has 1 N–H and O–H groups in total. The number of nitrogens with one attached hydrogen (secondary N) is 1. The van der Waals surface area contributed by atoms with Crippen molar-refractivity contribution in [2.75, 3.05) is 25.0 Å². The van der Waals surface area contributed by atoms with Crippen molar-refractivity contribution in [3.8, 4) is 0 Å². The van der Waals surface area contributed by atoms with Crippen LogP contribution in [0.25, 0.3) is 0 Å². The van der Waals surface area contributed by atoms with Gasteiger partial charge in [-0.25, -0.2) is 0 Å². The number of pyridine rings is 1. The molecule has 112 valence electrons. The second-order valence-electron chi connectivity index (χ2n) is 5.05. The Morgan fingerprint density at radius 3 is 2.81 bits per heavy atom. The summed E-state index contributed by atoms with van der Waals surface area (Å²) in [4.78, 5) is 6.61. The molecule has 0 unspecified atom stereocenters. The van der Waals surface area contributed by atoms with Gasteiger partial charge in [-0.1, -0.05) is 30.7 Å². The van der Waals surface area contributed by atoms with Crippen LogP contribution < -0.4 is 10.2 Å². The van der Waals surface area contributed by atoms with Crippen LogP contribution in [0.15, 0.2) is 42.6 Å². The second-order valence-corrected chi connectivity index (χ2v) is 5.48. The number of benzene rings is 1. The molecule has 0 aliphatic heterocycles. The minimum Gasteiger partial charge on any atom is -0.374 e. The summed E-state index contributed by atoms with van der Waals surface area (Å²) in [6.07, 6.45) is 2.76. The molecule has 2 aromatic rings. The van der Waals surface area contributed by atoms with Gasteiger partial charge in [0.05, 0.1) is 0 Å². The number of hydrogen-bond acceptors (Lipinski definition) is 3. The molecule has 0 atom stereocenters. The van der Waals surface area contributed by atoms with E-state index in [1.165, 1.54) is 11.3 Å². The fourth-order valence-electron chi connectivity index (χ4n) is 2.25. The third-order valence-electron chi connectivity index (χ3n) is 3.45. The number of anilines is 1. The highest BCUT2D eigenvalue weighted by molar-refractivity contribution is 6.30. The van der Waals surface area contributed by atoms with Gasteiger partial charge in [-0.3, -0.25) is 4.98 Å². The number of hydrogen-bond donors (Lipinski definition) is 1. The smallest absolute Gasteiger partial charge is 0.0426 e. The van der Waals surface area contributed by atoms with Crippen LogP contribution in [-0.2, 0) is 13.0 Å². The molecule has 0 saturated heterocycles. The Morgan fingerprint density at radius 1 is 1.24 bits per heavy atom. The van der Waals surface area contributed by atoms with Crippen molar-refractivity contribution in [1.82, 2.24) is 10.3 Å². The maximum atomic E-state index is 6.15. The average Bonchev–Trinajstić information content (AvgIpc) is 2.52. The third-order valence-corrected chi connectivity index (χ3v) is 3.69. The van der Waals surface area contributed by atoms with Crippen molar-refractivity contribution in [3.05, 3.63) is 58.9 Å². The first kappa shape index (κ1) is 15.8. The van der Waals surface area contributed by atoms with E-state index in [0.29, 0.717) is 0 Å². The van der Waals surface area contributed by atoms with Crippen LogP contribution in [0.3, 0.4) is 0 Å². The van der Waals surface area contributed by atoms with E-state index in [4.69, 9.17) is 11.6 Å². The Labute approximate surface area is 132 Å². The summed E-state index contributed by atoms with van der Waals surface area (Å²) in [5.74, 6) is 0. The first-order chi connectivity index (χ1) is 10.2. The van der Waals surface area contributed by atoms with E-state index in [9.17, 15) is 0 Å². The van der Waals surface area contributed by atoms with Gasteiger partial charge < -0.3 is 10.2 Å². The maximum absolute atomic E-state index is 6.15. The molecule has 1 aromatic carbocycles. The summed E-state index contributed by atoms with van der Waals surface area (Å²) in [6, 6.07) is 12.1. The minimum atomic E-state index is 0.773. The van der Waals surface area contributed by atoms with E-state index in [2.05, 4.69) is 41.3 Å². The molecular weight excluding hydrogens is 282 g/mol. The van der Waals surface area contributed by atoms with E-state index in [0.717, 1.165) is 36.8 Å². The standard InChI is InChI=1S/C17H22ClN3/c1-3-19-13-14-7-8-15(18)12-17(14)21(2)11-9-16-6-4-5-10-20-16/h4-8,10,12,19H,3,9,11,13H2,1-2H3. The van der Waals surface area contributed by atoms with Crippen molar-refractivity contribution < 1.29 is 0 Å². The Kier molecular flexibility index (Phi) is 6.03. The largest absolute Gasteiger partial charge is 0.374 e. The third kappa shape index (κ3) is 4.73. The van der Waals surface area contributed by atoms with Crippen LogP contribution in [0.1, 0.15) is 18.2 Å². The van der Waals surface area contributed by atoms with Crippen LogP contribution >= 0.6 is 11.6 Å². The molecule has 0 radical (unpaired) electrons. The molecular formula is C17H22ClN3. The summed E-state index contributed by atoms with van der Waals surface area (Å²) in [7, 11) is 2.10. The Bertz CT molecular complexity index is 557. The summed E-state index contributed by atoms with van der Waals surface area (Å²) in [5.41, 5.74) is 3.56. The van der Waals surface area contributed by atoms with E-state index in [1.807, 2.05) is 30.5 Å². The fraction of sp³-hybridized carbons (Fsp3) is 0.353. The van der Waals surface area contributed by atoms with Crippen molar-refractivity contribution in [2.45, 2.75) is 19.9 Å². The lowest BCUT2D eigenvalue weighted by molar-refractivity contribution is 0.722. The zero-order valence-corrected chi connectivity index (χ0v) is 13.4. The number of rotatable bonds is 7. The van der Waals surface area contributed by atoms with Gasteiger partial charge in [0.15, 0.2) is 0 Å². The number of aromatic nitrogens is 1. The summed E-state index contributed by atoms with van der Waals surface area (Å²) in [5, 5.41) is 4.14. The number of nitrogens with zero attached hydrogens (tertiary/aromatic N) is 2. The van der Waals surface area contributed by atoms with Crippen LogP contribution in [0.2, 0.25) is 5.02 Å². The Balaban J connectivity index is 2.06. The molecule has 4 heteroatoms. The van der Waals surface area contributed by atoms with Crippen molar-refractivity contribution in [2.24, 2.45) is 0 Å². The Hall–Kier alpha value is -1.58. The highest BCUT2D eigenvalue weighted by atomic mass is 35.5. The highest BCUT2D eigenvalue weighted by Gasteiger charge is 2.08. The summed E-state index contributed by atoms with van der Waals surface area (Å²) >= 11 is 6.15. The molecule has 0 aliphatic rings. The monoisotopic (exact) mass is 303 g/mol. The van der Waals surface area contributed by atoms with Crippen molar-refractivity contribution >= 4 is 17.3 Å². The van der Waals surface area contributed by atoms with Crippen LogP contribution in [0.4, 0.5) is 5.69 Å². The molecule has 0 amide bonds. The maximum Gasteiger partial charge on any atom is 0.0426 e. The van der Waals surface area contributed by atoms with Gasteiger partial charge in [0, 0.05) is 49.2 Å². The van der Waals surface area contributed by atoms with Crippen molar-refractivity contribution in [1.29, 1.82) is 0 Å². The van der Waals surface area contributed by atoms with Gasteiger partial charge in [0.2, 0.25) is 0 Å². The van der Waals surface area contributed by atoms with Crippen LogP contribution in [0.5, 0.6) is 0 Å². The lowest BCUT2D eigenvalue weighted by Crippen LogP contribution is -2.23. The van der Waals surface area contributed by atoms with E-state index in [1.54, 1.807) is 0 Å². The van der Waals surface area contributed by atoms with Crippen LogP contribution in [0, 0.1) is 0 Å². The Morgan fingerprint density at radius 2 is 2.10 bits per heavy atom. The lowest BCUT2D eigenvalue weighted by atomic mass is 10.1. The highest BCUT2D eigenvalue weighted by Crippen LogP contribution is 2.24. The van der Waals surface area contributed by atoms with E-state index < -0.39 is 0 Å². The molecule has 1 aromatic heterocycles. The zero-order chi connectivity index (χ0) is 15.1. The first-order valence-corrected chi connectivity index (χ1v) is 7.68. The van der Waals surface area contributed by atoms with Gasteiger partial charge in [-0.2, -0.15) is 0 Å². The first-order valence-electron chi connectivity index (χ1n) is 7.31. The molecule has 2 rings (SSSR count). The average molecular weight is 304 g/mol. The minimum absolute atomic E-state index is 0.773. The predicted molar refractivity (Wildman–Crippen MR) is 90.0 cm³/mol. The molecule has 0 bridgehead atoms. The topological polar surface area (TPSA) is 28.2 Å². The molecule has 3 nitrogen and oxygen atoms in total. The lowest BCUT2D eigenvalue weighted by Gasteiger charge is -2.23. The normalized spacial score (nSPS) is 10.6. The SMILES string of the molecule is CCNCc1ccc(Cl)cc1N(C)CCc1ccccn1. The summed E-state index contributed by atoms with van der Waals surface area (Å²) < 4.78 is 0. The van der Waals surface area contributed by atoms with E-state index >= 15 is 0 Å². The molecule has 1 heterocycles. The van der Waals surface area contributed by atoms with Gasteiger partial charge in [-0.15, -0.1) is 0 Å². The molecule has 0 spiro atoms. The van der Waals surface area contributed by atoms with Crippen LogP contribution in [-0.4, -0.2) is 25.1 Å². The fourth-order valence-corrected chi connectivity index (χ4v) is 2.42. The molecule has 0 fully saturated rings. The second kappa shape index (κ2) is 8.01. The number of likely N-dealkylation sites (N-methyl/N-ethyl adjacent to an activating group) is 1.